The molecule has 0 radical (unpaired) electrons. The molecule has 1 unspecified atom stereocenters. The van der Waals surface area contributed by atoms with Gasteiger partial charge < -0.3 is 9.64 Å². The van der Waals surface area contributed by atoms with E-state index in [4.69, 9.17) is 4.74 Å². The van der Waals surface area contributed by atoms with E-state index in [1.807, 2.05) is 22.9 Å². The maximum absolute atomic E-state index is 13.7. The molecule has 1 fully saturated rings. The third-order valence-corrected chi connectivity index (χ3v) is 4.92. The molecule has 4 nitrogen and oxygen atoms in total. The summed E-state index contributed by atoms with van der Waals surface area (Å²) < 4.78 is 19.1. The van der Waals surface area contributed by atoms with E-state index in [-0.39, 0.29) is 11.7 Å². The van der Waals surface area contributed by atoms with Gasteiger partial charge in [-0.05, 0) is 40.1 Å². The molecule has 2 heterocycles. The van der Waals surface area contributed by atoms with Gasteiger partial charge in [0.1, 0.15) is 11.9 Å². The fraction of sp³-hybridized carbons (Fsp3) is 0.389. The van der Waals surface area contributed by atoms with Crippen molar-refractivity contribution >= 4 is 17.2 Å². The van der Waals surface area contributed by atoms with Gasteiger partial charge in [-0.2, -0.15) is 11.3 Å². The number of halogens is 1. The molecular formula is C18H21FN2O2S. The number of hydrogen-bond acceptors (Lipinski definition) is 4. The van der Waals surface area contributed by atoms with Crippen molar-refractivity contribution in [3.05, 3.63) is 58.0 Å². The number of rotatable bonds is 5. The highest BCUT2D eigenvalue weighted by molar-refractivity contribution is 7.07. The van der Waals surface area contributed by atoms with Gasteiger partial charge in [-0.15, -0.1) is 0 Å². The number of amides is 1. The molecule has 1 aliphatic rings. The Bertz CT molecular complexity index is 671. The van der Waals surface area contributed by atoms with Crippen molar-refractivity contribution in [2.75, 3.05) is 33.4 Å². The van der Waals surface area contributed by atoms with Crippen molar-refractivity contribution < 1.29 is 13.9 Å². The summed E-state index contributed by atoms with van der Waals surface area (Å²) in [6, 6.07) is 7.87. The zero-order valence-corrected chi connectivity index (χ0v) is 14.5. The molecule has 1 amide bonds. The van der Waals surface area contributed by atoms with Gasteiger partial charge in [0.15, 0.2) is 0 Å². The Hall–Kier alpha value is -1.76. The maximum Gasteiger partial charge on any atom is 0.244 e. The van der Waals surface area contributed by atoms with Crippen molar-refractivity contribution in [1.29, 1.82) is 0 Å². The van der Waals surface area contributed by atoms with E-state index in [2.05, 4.69) is 4.90 Å². The third kappa shape index (κ3) is 4.01. The van der Waals surface area contributed by atoms with Crippen LogP contribution >= 0.6 is 11.3 Å². The molecule has 0 aliphatic carbocycles. The summed E-state index contributed by atoms with van der Waals surface area (Å²) in [6.07, 6.45) is 0. The molecule has 128 valence electrons. The minimum Gasteiger partial charge on any atom is -0.379 e. The number of morpholine rings is 1. The van der Waals surface area contributed by atoms with Gasteiger partial charge in [0.05, 0.1) is 13.2 Å². The summed E-state index contributed by atoms with van der Waals surface area (Å²) in [5.74, 6) is -0.340. The van der Waals surface area contributed by atoms with Crippen LogP contribution in [0.5, 0.6) is 0 Å². The fourth-order valence-corrected chi connectivity index (χ4v) is 3.62. The van der Waals surface area contributed by atoms with Crippen LogP contribution in [0.25, 0.3) is 0 Å². The van der Waals surface area contributed by atoms with Gasteiger partial charge in [0.25, 0.3) is 0 Å². The Labute approximate surface area is 145 Å². The molecule has 1 aromatic carbocycles. The van der Waals surface area contributed by atoms with Crippen molar-refractivity contribution in [3.8, 4) is 0 Å². The van der Waals surface area contributed by atoms with E-state index in [1.54, 1.807) is 29.4 Å². The average molecular weight is 348 g/mol. The van der Waals surface area contributed by atoms with Gasteiger partial charge in [-0.25, -0.2) is 4.39 Å². The second kappa shape index (κ2) is 7.88. The number of thiophene rings is 1. The van der Waals surface area contributed by atoms with Crippen LogP contribution in [0.15, 0.2) is 41.1 Å². The monoisotopic (exact) mass is 348 g/mol. The van der Waals surface area contributed by atoms with Crippen LogP contribution in [0.2, 0.25) is 0 Å². The molecule has 1 atom stereocenters. The van der Waals surface area contributed by atoms with Gasteiger partial charge in [-0.1, -0.05) is 12.1 Å². The minimum absolute atomic E-state index is 0.0197. The van der Waals surface area contributed by atoms with Crippen LogP contribution in [-0.2, 0) is 16.1 Å². The van der Waals surface area contributed by atoms with Crippen molar-refractivity contribution in [3.63, 3.8) is 0 Å². The Balaban J connectivity index is 1.84. The number of carbonyl (C=O) groups is 1. The molecule has 1 saturated heterocycles. The number of ether oxygens (including phenoxy) is 1. The standard InChI is InChI=1S/C18H21FN2O2S/c1-20(12-14-5-10-24-13-14)18(22)17(21-6-8-23-9-7-21)15-3-2-4-16(19)11-15/h2-5,10-11,13,17H,6-9,12H2,1H3. The summed E-state index contributed by atoms with van der Waals surface area (Å²) in [6.45, 7) is 3.07. The quantitative estimate of drug-likeness (QED) is 0.833. The second-order valence-corrected chi connectivity index (χ2v) is 6.71. The largest absolute Gasteiger partial charge is 0.379 e. The van der Waals surface area contributed by atoms with Crippen LogP contribution < -0.4 is 0 Å². The smallest absolute Gasteiger partial charge is 0.244 e. The highest BCUT2D eigenvalue weighted by Crippen LogP contribution is 2.25. The van der Waals surface area contributed by atoms with Crippen LogP contribution in [0.4, 0.5) is 4.39 Å². The lowest BCUT2D eigenvalue weighted by atomic mass is 10.0. The number of benzene rings is 1. The lowest BCUT2D eigenvalue weighted by molar-refractivity contribution is -0.138. The zero-order chi connectivity index (χ0) is 16.9. The van der Waals surface area contributed by atoms with E-state index in [0.717, 1.165) is 5.56 Å². The van der Waals surface area contributed by atoms with Crippen LogP contribution in [0.1, 0.15) is 17.2 Å². The SMILES string of the molecule is CN(Cc1ccsc1)C(=O)C(c1cccc(F)c1)N1CCOCC1. The van der Waals surface area contributed by atoms with E-state index in [1.165, 1.54) is 12.1 Å². The Morgan fingerprint density at radius 3 is 2.83 bits per heavy atom. The van der Waals surface area contributed by atoms with Gasteiger partial charge in [-0.3, -0.25) is 9.69 Å². The van der Waals surface area contributed by atoms with Gasteiger partial charge in [0, 0.05) is 26.7 Å². The normalized spacial score (nSPS) is 16.8. The molecule has 1 aliphatic heterocycles. The van der Waals surface area contributed by atoms with Crippen LogP contribution in [0.3, 0.4) is 0 Å². The summed E-state index contributed by atoms with van der Waals surface area (Å²) >= 11 is 1.61. The molecule has 0 saturated carbocycles. The summed E-state index contributed by atoms with van der Waals surface area (Å²) in [4.78, 5) is 16.9. The summed E-state index contributed by atoms with van der Waals surface area (Å²) in [5, 5.41) is 4.04. The van der Waals surface area contributed by atoms with E-state index < -0.39 is 6.04 Å². The van der Waals surface area contributed by atoms with Crippen LogP contribution in [0, 0.1) is 5.82 Å². The Kier molecular flexibility index (Phi) is 5.60. The third-order valence-electron chi connectivity index (χ3n) is 4.19. The maximum atomic E-state index is 13.7. The average Bonchev–Trinajstić information content (AvgIpc) is 3.09. The topological polar surface area (TPSA) is 32.8 Å². The molecule has 6 heteroatoms. The molecular weight excluding hydrogens is 327 g/mol. The molecule has 24 heavy (non-hydrogen) atoms. The molecule has 3 rings (SSSR count). The highest BCUT2D eigenvalue weighted by atomic mass is 32.1. The summed E-state index contributed by atoms with van der Waals surface area (Å²) in [7, 11) is 1.80. The summed E-state index contributed by atoms with van der Waals surface area (Å²) in [5.41, 5.74) is 1.80. The van der Waals surface area contributed by atoms with Crippen molar-refractivity contribution in [2.24, 2.45) is 0 Å². The first-order chi connectivity index (χ1) is 11.6. The Morgan fingerprint density at radius 2 is 2.17 bits per heavy atom. The Morgan fingerprint density at radius 1 is 1.38 bits per heavy atom. The van der Waals surface area contributed by atoms with E-state index in [9.17, 15) is 9.18 Å². The fourth-order valence-electron chi connectivity index (χ4n) is 2.97. The van der Waals surface area contributed by atoms with Crippen molar-refractivity contribution in [1.82, 2.24) is 9.80 Å². The molecule has 1 aromatic heterocycles. The number of nitrogens with zero attached hydrogens (tertiary/aromatic N) is 2. The van der Waals surface area contributed by atoms with E-state index in [0.29, 0.717) is 38.4 Å². The number of hydrogen-bond donors (Lipinski definition) is 0. The lowest BCUT2D eigenvalue weighted by Crippen LogP contribution is -2.46. The number of likely N-dealkylation sites (N-methyl/N-ethyl adjacent to an activating group) is 1. The molecule has 0 spiro atoms. The zero-order valence-electron chi connectivity index (χ0n) is 13.7. The first-order valence-corrected chi connectivity index (χ1v) is 8.93. The predicted molar refractivity (Wildman–Crippen MR) is 92.3 cm³/mol. The highest BCUT2D eigenvalue weighted by Gasteiger charge is 2.31. The van der Waals surface area contributed by atoms with E-state index >= 15 is 0 Å². The minimum atomic E-state index is -0.478. The second-order valence-electron chi connectivity index (χ2n) is 5.93. The molecule has 2 aromatic rings. The number of carbonyl (C=O) groups excluding carboxylic acids is 1. The first-order valence-electron chi connectivity index (χ1n) is 7.98. The predicted octanol–water partition coefficient (Wildman–Crippen LogP) is 2.92. The lowest BCUT2D eigenvalue weighted by Gasteiger charge is -2.35. The van der Waals surface area contributed by atoms with Crippen molar-refractivity contribution in [2.45, 2.75) is 12.6 Å². The van der Waals surface area contributed by atoms with Gasteiger partial charge >= 0.3 is 0 Å². The first kappa shape index (κ1) is 17.1. The molecule has 0 bridgehead atoms. The molecule has 0 N–H and O–H groups in total. The van der Waals surface area contributed by atoms with Crippen LogP contribution in [-0.4, -0.2) is 49.1 Å². The van der Waals surface area contributed by atoms with Gasteiger partial charge in [0.2, 0.25) is 5.91 Å².